The molecule has 33 heavy (non-hydrogen) atoms. The third-order valence-corrected chi connectivity index (χ3v) is 7.13. The molecule has 1 saturated carbocycles. The van der Waals surface area contributed by atoms with Crippen molar-refractivity contribution in [1.82, 2.24) is 9.62 Å². The SMILES string of the molecule is CS(=O)(=O)NC(=O)c1cc(C2CC2)c(CN2CCOC(Cc3ccc(Cl)c(Cl)c3)C2)cc1F. The van der Waals surface area contributed by atoms with Gasteiger partial charge in [-0.3, -0.25) is 9.69 Å². The molecule has 1 amide bonds. The minimum absolute atomic E-state index is 0.0370. The number of rotatable bonds is 7. The van der Waals surface area contributed by atoms with Crippen LogP contribution in [0.25, 0.3) is 0 Å². The van der Waals surface area contributed by atoms with Crippen LogP contribution in [0.15, 0.2) is 30.3 Å². The Hall–Kier alpha value is -1.71. The molecule has 1 N–H and O–H groups in total. The van der Waals surface area contributed by atoms with E-state index in [1.165, 1.54) is 12.1 Å². The Labute approximate surface area is 203 Å². The summed E-state index contributed by atoms with van der Waals surface area (Å²) in [7, 11) is -3.78. The lowest BCUT2D eigenvalue weighted by Gasteiger charge is -2.33. The largest absolute Gasteiger partial charge is 0.375 e. The van der Waals surface area contributed by atoms with Gasteiger partial charge in [-0.1, -0.05) is 29.3 Å². The molecule has 1 saturated heterocycles. The molecule has 1 aliphatic carbocycles. The molecule has 0 bridgehead atoms. The van der Waals surface area contributed by atoms with E-state index < -0.39 is 21.7 Å². The summed E-state index contributed by atoms with van der Waals surface area (Å²) in [6.07, 6.45) is 3.45. The van der Waals surface area contributed by atoms with E-state index in [2.05, 4.69) is 4.90 Å². The summed E-state index contributed by atoms with van der Waals surface area (Å²) >= 11 is 12.1. The van der Waals surface area contributed by atoms with E-state index in [0.717, 1.165) is 35.8 Å². The first-order valence-electron chi connectivity index (χ1n) is 10.7. The fraction of sp³-hybridized carbons (Fsp3) is 0.435. The molecular weight excluding hydrogens is 490 g/mol. The van der Waals surface area contributed by atoms with Gasteiger partial charge < -0.3 is 4.74 Å². The fourth-order valence-electron chi connectivity index (χ4n) is 4.16. The summed E-state index contributed by atoms with van der Waals surface area (Å²) in [5, 5.41) is 1.02. The average molecular weight is 515 g/mol. The Bertz CT molecular complexity index is 1170. The molecule has 2 aromatic carbocycles. The maximum absolute atomic E-state index is 14.8. The van der Waals surface area contributed by atoms with Crippen molar-refractivity contribution >= 4 is 39.1 Å². The van der Waals surface area contributed by atoms with Crippen molar-refractivity contribution in [2.75, 3.05) is 26.0 Å². The molecule has 6 nitrogen and oxygen atoms in total. The molecule has 10 heteroatoms. The zero-order chi connectivity index (χ0) is 23.8. The van der Waals surface area contributed by atoms with Crippen molar-refractivity contribution in [3.05, 3.63) is 68.4 Å². The lowest BCUT2D eigenvalue weighted by Crippen LogP contribution is -2.43. The lowest BCUT2D eigenvalue weighted by molar-refractivity contribution is -0.0305. The smallest absolute Gasteiger partial charge is 0.267 e. The van der Waals surface area contributed by atoms with Crippen LogP contribution in [0.4, 0.5) is 4.39 Å². The monoisotopic (exact) mass is 514 g/mol. The minimum Gasteiger partial charge on any atom is -0.375 e. The normalized spacial score (nSPS) is 19.5. The van der Waals surface area contributed by atoms with Gasteiger partial charge in [0.1, 0.15) is 5.82 Å². The molecule has 0 radical (unpaired) electrons. The average Bonchev–Trinajstić information content (AvgIpc) is 3.55. The van der Waals surface area contributed by atoms with Gasteiger partial charge in [0, 0.05) is 19.6 Å². The predicted octanol–water partition coefficient (Wildman–Crippen LogP) is 4.14. The molecular formula is C23H25Cl2FN2O4S. The van der Waals surface area contributed by atoms with E-state index in [4.69, 9.17) is 27.9 Å². The second-order valence-corrected chi connectivity index (χ2v) is 11.3. The molecule has 0 aromatic heterocycles. The number of hydrogen-bond acceptors (Lipinski definition) is 5. The van der Waals surface area contributed by atoms with Gasteiger partial charge in [-0.25, -0.2) is 17.5 Å². The highest BCUT2D eigenvalue weighted by molar-refractivity contribution is 7.89. The first-order valence-corrected chi connectivity index (χ1v) is 13.4. The highest BCUT2D eigenvalue weighted by Crippen LogP contribution is 2.43. The molecule has 2 aliphatic rings. The second-order valence-electron chi connectivity index (χ2n) is 8.69. The molecule has 4 rings (SSSR count). The van der Waals surface area contributed by atoms with E-state index in [1.54, 1.807) is 6.07 Å². The molecule has 178 valence electrons. The number of ether oxygens (including phenoxy) is 1. The van der Waals surface area contributed by atoms with E-state index in [1.807, 2.05) is 16.9 Å². The Balaban J connectivity index is 1.49. The van der Waals surface area contributed by atoms with Gasteiger partial charge in [0.05, 0.1) is 34.6 Å². The molecule has 2 aromatic rings. The number of hydrogen-bond donors (Lipinski definition) is 1. The summed E-state index contributed by atoms with van der Waals surface area (Å²) in [5.74, 6) is -1.41. The van der Waals surface area contributed by atoms with Crippen LogP contribution >= 0.6 is 23.2 Å². The van der Waals surface area contributed by atoms with Crippen molar-refractivity contribution in [2.45, 2.75) is 37.8 Å². The van der Waals surface area contributed by atoms with Crippen LogP contribution < -0.4 is 4.72 Å². The van der Waals surface area contributed by atoms with E-state index in [9.17, 15) is 17.6 Å². The number of sulfonamides is 1. The van der Waals surface area contributed by atoms with Crippen molar-refractivity contribution in [3.8, 4) is 0 Å². The number of nitrogens with one attached hydrogen (secondary N) is 1. The van der Waals surface area contributed by atoms with E-state index in [0.29, 0.717) is 42.7 Å². The zero-order valence-electron chi connectivity index (χ0n) is 18.1. The van der Waals surface area contributed by atoms with Crippen LogP contribution in [0, 0.1) is 5.82 Å². The summed E-state index contributed by atoms with van der Waals surface area (Å²) in [5.41, 5.74) is 2.51. The van der Waals surface area contributed by atoms with Gasteiger partial charge in [0.15, 0.2) is 0 Å². The Morgan fingerprint density at radius 3 is 2.64 bits per heavy atom. The van der Waals surface area contributed by atoms with Crippen molar-refractivity contribution in [2.24, 2.45) is 0 Å². The summed E-state index contributed by atoms with van der Waals surface area (Å²) in [6.45, 7) is 2.46. The lowest BCUT2D eigenvalue weighted by atomic mass is 9.98. The highest BCUT2D eigenvalue weighted by atomic mass is 35.5. The van der Waals surface area contributed by atoms with Gasteiger partial charge in [0.25, 0.3) is 5.91 Å². The predicted molar refractivity (Wildman–Crippen MR) is 126 cm³/mol. The number of benzene rings is 2. The quantitative estimate of drug-likeness (QED) is 0.600. The maximum atomic E-state index is 14.8. The molecule has 1 heterocycles. The first kappa shape index (κ1) is 24.4. The Morgan fingerprint density at radius 1 is 1.21 bits per heavy atom. The number of halogens is 3. The van der Waals surface area contributed by atoms with Crippen molar-refractivity contribution in [1.29, 1.82) is 0 Å². The van der Waals surface area contributed by atoms with E-state index >= 15 is 0 Å². The van der Waals surface area contributed by atoms with Gasteiger partial charge in [-0.15, -0.1) is 0 Å². The number of carbonyl (C=O) groups excluding carboxylic acids is 1. The van der Waals surface area contributed by atoms with Crippen LogP contribution in [0.1, 0.15) is 45.8 Å². The van der Waals surface area contributed by atoms with Crippen LogP contribution in [0.3, 0.4) is 0 Å². The molecule has 2 fully saturated rings. The van der Waals surface area contributed by atoms with Gasteiger partial charge >= 0.3 is 0 Å². The summed E-state index contributed by atoms with van der Waals surface area (Å²) in [4.78, 5) is 14.5. The number of amides is 1. The zero-order valence-corrected chi connectivity index (χ0v) is 20.4. The molecule has 1 aliphatic heterocycles. The van der Waals surface area contributed by atoms with Crippen LogP contribution in [-0.4, -0.2) is 51.3 Å². The third-order valence-electron chi connectivity index (χ3n) is 5.83. The molecule has 1 atom stereocenters. The van der Waals surface area contributed by atoms with Gasteiger partial charge in [-0.05, 0) is 66.1 Å². The topological polar surface area (TPSA) is 75.7 Å². The van der Waals surface area contributed by atoms with E-state index in [-0.39, 0.29) is 17.6 Å². The molecule has 0 spiro atoms. The first-order chi connectivity index (χ1) is 15.6. The Morgan fingerprint density at radius 2 is 1.97 bits per heavy atom. The number of nitrogens with zero attached hydrogens (tertiary/aromatic N) is 1. The van der Waals surface area contributed by atoms with Crippen LogP contribution in [-0.2, 0) is 27.7 Å². The molecule has 1 unspecified atom stereocenters. The maximum Gasteiger partial charge on any atom is 0.267 e. The number of carbonyl (C=O) groups is 1. The third kappa shape index (κ3) is 6.45. The van der Waals surface area contributed by atoms with Gasteiger partial charge in [0.2, 0.25) is 10.0 Å². The minimum atomic E-state index is -3.78. The highest BCUT2D eigenvalue weighted by Gasteiger charge is 2.30. The van der Waals surface area contributed by atoms with Crippen molar-refractivity contribution < 1.29 is 22.3 Å². The van der Waals surface area contributed by atoms with Crippen molar-refractivity contribution in [3.63, 3.8) is 0 Å². The number of morpholine rings is 1. The summed E-state index contributed by atoms with van der Waals surface area (Å²) < 4.78 is 45.4. The fourth-order valence-corrected chi connectivity index (χ4v) is 4.93. The van der Waals surface area contributed by atoms with Gasteiger partial charge in [-0.2, -0.15) is 0 Å². The van der Waals surface area contributed by atoms with Crippen LogP contribution in [0.2, 0.25) is 10.0 Å². The Kier molecular flexibility index (Phi) is 7.31. The standard InChI is InChI=1S/C23H25Cl2FN2O4S/c1-33(30,31)27-23(29)19-11-18(15-3-4-15)16(10-22(19)26)12-28-6-7-32-17(13-28)8-14-2-5-20(24)21(25)9-14/h2,5,9-11,15,17H,3-4,6-8,12-13H2,1H3,(H,27,29). The second kappa shape index (κ2) is 9.88. The summed E-state index contributed by atoms with van der Waals surface area (Å²) in [6, 6.07) is 8.42. The van der Waals surface area contributed by atoms with Crippen LogP contribution in [0.5, 0.6) is 0 Å².